The molecular weight excluding hydrogens is 398 g/mol. The van der Waals surface area contributed by atoms with Crippen molar-refractivity contribution < 1.29 is 0 Å². The quantitative estimate of drug-likeness (QED) is 0.370. The Balaban J connectivity index is 1.50. The van der Waals surface area contributed by atoms with E-state index in [1.165, 1.54) is 18.5 Å². The molecule has 7 heteroatoms. The zero-order chi connectivity index (χ0) is 22.3. The summed E-state index contributed by atoms with van der Waals surface area (Å²) in [5.74, 6) is 0.363. The molecule has 1 aliphatic heterocycles. The summed E-state index contributed by atoms with van der Waals surface area (Å²) in [6.07, 6.45) is 10.6. The first-order chi connectivity index (χ1) is 15.7. The first kappa shape index (κ1) is 22.7. The van der Waals surface area contributed by atoms with Crippen LogP contribution in [0.3, 0.4) is 0 Å². The van der Waals surface area contributed by atoms with Gasteiger partial charge in [-0.1, -0.05) is 12.8 Å². The fraction of sp³-hybridized carbons (Fsp3) is 0.560. The lowest BCUT2D eigenvalue weighted by molar-refractivity contribution is 0.313. The van der Waals surface area contributed by atoms with Gasteiger partial charge in [-0.15, -0.1) is 0 Å². The summed E-state index contributed by atoms with van der Waals surface area (Å²) in [6.45, 7) is 5.89. The molecular formula is C25H37N7. The Labute approximate surface area is 191 Å². The molecule has 1 saturated heterocycles. The summed E-state index contributed by atoms with van der Waals surface area (Å²) in [6, 6.07) is 6.37. The highest BCUT2D eigenvalue weighted by Gasteiger charge is 2.29. The maximum Gasteiger partial charge on any atom is 0.0925 e. The standard InChI is InChI=1S/C25H37N7/c1-31-12-14-32(15-13-31)20-8-9-22-23(16-20)30-24(18-29-22)21(25(27)19-6-7-19)17-28-11-5-3-2-4-10-26/h8-9,16-19,27-28H,2-7,10-15,26H2,1H3/b21-17-,27-25?. The van der Waals surface area contributed by atoms with Gasteiger partial charge in [0.1, 0.15) is 0 Å². The van der Waals surface area contributed by atoms with Crippen molar-refractivity contribution in [3.63, 3.8) is 0 Å². The number of hydrogen-bond acceptors (Lipinski definition) is 7. The van der Waals surface area contributed by atoms with Gasteiger partial charge in [-0.2, -0.15) is 0 Å². The van der Waals surface area contributed by atoms with Gasteiger partial charge in [0.2, 0.25) is 0 Å². The Bertz CT molecular complexity index is 942. The second kappa shape index (κ2) is 10.9. The van der Waals surface area contributed by atoms with Gasteiger partial charge in [0.15, 0.2) is 0 Å². The van der Waals surface area contributed by atoms with Gasteiger partial charge in [0, 0.05) is 61.8 Å². The molecule has 0 bridgehead atoms. The third kappa shape index (κ3) is 5.84. The highest BCUT2D eigenvalue weighted by molar-refractivity contribution is 6.23. The number of anilines is 1. The molecule has 1 aromatic heterocycles. The fourth-order valence-electron chi connectivity index (χ4n) is 4.17. The highest BCUT2D eigenvalue weighted by Crippen LogP contribution is 2.35. The summed E-state index contributed by atoms with van der Waals surface area (Å²) in [5.41, 5.74) is 10.9. The second-order valence-corrected chi connectivity index (χ2v) is 9.12. The number of fused-ring (bicyclic) bond motifs is 1. The van der Waals surface area contributed by atoms with Crippen molar-refractivity contribution in [3.05, 3.63) is 36.3 Å². The van der Waals surface area contributed by atoms with E-state index in [9.17, 15) is 0 Å². The number of benzene rings is 1. The SMILES string of the molecule is CN1CCN(c2ccc3ncc(/C(=C/NCCCCCCN)C(=N)C4CC4)nc3c2)CC1. The van der Waals surface area contributed by atoms with E-state index in [1.807, 2.05) is 12.4 Å². The van der Waals surface area contributed by atoms with E-state index in [0.717, 1.165) is 87.3 Å². The zero-order valence-corrected chi connectivity index (χ0v) is 19.3. The topological polar surface area (TPSA) is 94.2 Å². The van der Waals surface area contributed by atoms with Crippen LogP contribution in [0.1, 0.15) is 44.2 Å². The van der Waals surface area contributed by atoms with Gasteiger partial charge in [0.25, 0.3) is 0 Å². The highest BCUT2D eigenvalue weighted by atomic mass is 15.2. The lowest BCUT2D eigenvalue weighted by Crippen LogP contribution is -2.44. The van der Waals surface area contributed by atoms with E-state index in [4.69, 9.17) is 16.1 Å². The number of unbranched alkanes of at least 4 members (excludes halogenated alkanes) is 3. The van der Waals surface area contributed by atoms with E-state index in [-0.39, 0.29) is 0 Å². The summed E-state index contributed by atoms with van der Waals surface area (Å²) in [5, 5.41) is 12.1. The molecule has 172 valence electrons. The maximum absolute atomic E-state index is 8.70. The minimum absolute atomic E-state index is 0.363. The van der Waals surface area contributed by atoms with Crippen LogP contribution in [0.15, 0.2) is 30.6 Å². The Kier molecular flexibility index (Phi) is 7.71. The van der Waals surface area contributed by atoms with Gasteiger partial charge in [-0.3, -0.25) is 4.98 Å². The number of hydrogen-bond donors (Lipinski definition) is 3. The first-order valence-corrected chi connectivity index (χ1v) is 12.1. The summed E-state index contributed by atoms with van der Waals surface area (Å²) < 4.78 is 0. The molecule has 2 heterocycles. The van der Waals surface area contributed by atoms with Crippen LogP contribution in [-0.4, -0.2) is 66.9 Å². The third-order valence-electron chi connectivity index (χ3n) is 6.47. The van der Waals surface area contributed by atoms with Crippen molar-refractivity contribution >= 4 is 28.0 Å². The lowest BCUT2D eigenvalue weighted by atomic mass is 10.0. The molecule has 1 saturated carbocycles. The minimum Gasteiger partial charge on any atom is -0.390 e. The largest absolute Gasteiger partial charge is 0.390 e. The van der Waals surface area contributed by atoms with Crippen LogP contribution in [-0.2, 0) is 0 Å². The summed E-state index contributed by atoms with van der Waals surface area (Å²) >= 11 is 0. The van der Waals surface area contributed by atoms with E-state index in [1.54, 1.807) is 0 Å². The molecule has 0 spiro atoms. The third-order valence-corrected chi connectivity index (χ3v) is 6.47. The van der Waals surface area contributed by atoms with Crippen LogP contribution in [0.25, 0.3) is 16.6 Å². The summed E-state index contributed by atoms with van der Waals surface area (Å²) in [7, 11) is 2.17. The number of nitrogens with zero attached hydrogens (tertiary/aromatic N) is 4. The lowest BCUT2D eigenvalue weighted by Gasteiger charge is -2.34. The average molecular weight is 436 g/mol. The Morgan fingerprint density at radius 3 is 2.66 bits per heavy atom. The van der Waals surface area contributed by atoms with Crippen LogP contribution in [0.2, 0.25) is 0 Å². The maximum atomic E-state index is 8.70. The predicted octanol–water partition coefficient (Wildman–Crippen LogP) is 3.26. The van der Waals surface area contributed by atoms with Crippen molar-refractivity contribution in [2.45, 2.75) is 38.5 Å². The van der Waals surface area contributed by atoms with Gasteiger partial charge in [0.05, 0.1) is 22.9 Å². The fourth-order valence-corrected chi connectivity index (χ4v) is 4.17. The van der Waals surface area contributed by atoms with Crippen LogP contribution in [0.4, 0.5) is 5.69 Å². The molecule has 2 fully saturated rings. The predicted molar refractivity (Wildman–Crippen MR) is 133 cm³/mol. The normalized spacial score (nSPS) is 17.7. The Morgan fingerprint density at radius 1 is 1.12 bits per heavy atom. The molecule has 7 nitrogen and oxygen atoms in total. The van der Waals surface area contributed by atoms with Crippen molar-refractivity contribution in [1.82, 2.24) is 20.2 Å². The van der Waals surface area contributed by atoms with Crippen LogP contribution in [0, 0.1) is 11.3 Å². The zero-order valence-electron chi connectivity index (χ0n) is 19.3. The molecule has 1 aliphatic carbocycles. The molecule has 4 rings (SSSR count). The molecule has 2 aromatic rings. The number of aromatic nitrogens is 2. The number of allylic oxidation sites excluding steroid dienone is 1. The number of piperazine rings is 1. The number of rotatable bonds is 11. The average Bonchev–Trinajstić information content (AvgIpc) is 3.66. The van der Waals surface area contributed by atoms with Crippen molar-refractivity contribution in [3.8, 4) is 0 Å². The van der Waals surface area contributed by atoms with Crippen LogP contribution in [0.5, 0.6) is 0 Å². The monoisotopic (exact) mass is 435 g/mol. The number of nitrogens with two attached hydrogens (primary N) is 1. The Morgan fingerprint density at radius 2 is 1.91 bits per heavy atom. The second-order valence-electron chi connectivity index (χ2n) is 9.12. The molecule has 32 heavy (non-hydrogen) atoms. The number of nitrogens with one attached hydrogen (secondary N) is 2. The van der Waals surface area contributed by atoms with E-state index in [2.05, 4.69) is 45.3 Å². The molecule has 1 aromatic carbocycles. The van der Waals surface area contributed by atoms with Crippen molar-refractivity contribution in [1.29, 1.82) is 5.41 Å². The summed E-state index contributed by atoms with van der Waals surface area (Å²) in [4.78, 5) is 14.4. The molecule has 0 atom stereocenters. The molecule has 4 N–H and O–H groups in total. The van der Waals surface area contributed by atoms with Crippen LogP contribution < -0.4 is 16.0 Å². The van der Waals surface area contributed by atoms with Crippen molar-refractivity contribution in [2.24, 2.45) is 11.7 Å². The minimum atomic E-state index is 0.363. The smallest absolute Gasteiger partial charge is 0.0925 e. The van der Waals surface area contributed by atoms with Crippen LogP contribution >= 0.6 is 0 Å². The van der Waals surface area contributed by atoms with E-state index >= 15 is 0 Å². The van der Waals surface area contributed by atoms with Gasteiger partial charge < -0.3 is 26.3 Å². The first-order valence-electron chi connectivity index (χ1n) is 12.1. The molecule has 0 amide bonds. The van der Waals surface area contributed by atoms with Crippen molar-refractivity contribution in [2.75, 3.05) is 51.2 Å². The Hall–Kier alpha value is -2.51. The van der Waals surface area contributed by atoms with Gasteiger partial charge >= 0.3 is 0 Å². The van der Waals surface area contributed by atoms with E-state index < -0.39 is 0 Å². The molecule has 0 radical (unpaired) electrons. The molecule has 0 unspecified atom stereocenters. The van der Waals surface area contributed by atoms with Gasteiger partial charge in [-0.05, 0) is 57.5 Å². The number of likely N-dealkylation sites (N-methyl/N-ethyl adjacent to an activating group) is 1. The van der Waals surface area contributed by atoms with Gasteiger partial charge in [-0.25, -0.2) is 4.98 Å². The molecule has 2 aliphatic rings. The van der Waals surface area contributed by atoms with E-state index in [0.29, 0.717) is 11.6 Å².